The second-order valence-corrected chi connectivity index (χ2v) is 11.1. The molecule has 0 saturated heterocycles. The molecule has 0 bridgehead atoms. The molecule has 3 aromatic carbocycles. The van der Waals surface area contributed by atoms with Crippen LogP contribution >= 0.6 is 7.92 Å². The molecule has 0 aliphatic carbocycles. The van der Waals surface area contributed by atoms with Crippen LogP contribution in [0.3, 0.4) is 0 Å². The van der Waals surface area contributed by atoms with Gasteiger partial charge in [0.25, 0.3) is 0 Å². The van der Waals surface area contributed by atoms with Crippen LogP contribution in [0.1, 0.15) is 38.9 Å². The lowest BCUT2D eigenvalue weighted by Crippen LogP contribution is -2.28. The molecular formula is C29H37O4P. The first-order valence-corrected chi connectivity index (χ1v) is 12.9. The summed E-state index contributed by atoms with van der Waals surface area (Å²) >= 11 is 0. The number of rotatable bonds is 9. The zero-order valence-corrected chi connectivity index (χ0v) is 22.9. The van der Waals surface area contributed by atoms with Gasteiger partial charge in [0.05, 0.1) is 0 Å². The van der Waals surface area contributed by atoms with E-state index in [2.05, 4.69) is 84.9 Å². The summed E-state index contributed by atoms with van der Waals surface area (Å²) in [6, 6.07) is 13.4. The molecule has 0 aliphatic rings. The van der Waals surface area contributed by atoms with Gasteiger partial charge >= 0.3 is 0 Å². The Morgan fingerprint density at radius 1 is 0.529 bits per heavy atom. The highest BCUT2D eigenvalue weighted by Gasteiger charge is 2.29. The largest absolute Gasteiger partial charge is 0.467 e. The summed E-state index contributed by atoms with van der Waals surface area (Å²) in [5.74, 6) is 1.77. The number of aryl methyl sites for hydroxylation is 7. The highest BCUT2D eigenvalue weighted by Crippen LogP contribution is 2.44. The molecule has 0 heterocycles. The molecule has 0 aliphatic heterocycles. The van der Waals surface area contributed by atoms with E-state index in [4.69, 9.17) is 18.9 Å². The Hall–Kier alpha value is -2.39. The van der Waals surface area contributed by atoms with E-state index < -0.39 is 7.92 Å². The third kappa shape index (κ3) is 5.63. The molecule has 0 aromatic heterocycles. The quantitative estimate of drug-likeness (QED) is 0.296. The van der Waals surface area contributed by atoms with Crippen LogP contribution in [0, 0.1) is 48.5 Å². The van der Waals surface area contributed by atoms with Gasteiger partial charge in [0.2, 0.25) is 0 Å². The molecule has 0 spiro atoms. The number of benzene rings is 3. The third-order valence-corrected chi connectivity index (χ3v) is 8.56. The van der Waals surface area contributed by atoms with E-state index in [-0.39, 0.29) is 13.6 Å². The Morgan fingerprint density at radius 2 is 0.882 bits per heavy atom. The van der Waals surface area contributed by atoms with Crippen LogP contribution in [0.25, 0.3) is 0 Å². The Bertz CT molecular complexity index is 1080. The summed E-state index contributed by atoms with van der Waals surface area (Å²) in [5.41, 5.74) is 8.43. The standard InChI is InChI=1S/C29H37O4P/c1-18-12-23(6)29(24(7)13-18)34(25-14-19(2)10-21(4)27(25)32-16-30-8)26-15-20(3)11-22(5)28(26)33-17-31-9/h10-15H,16-17H2,1-9H3. The van der Waals surface area contributed by atoms with Gasteiger partial charge in [0, 0.05) is 24.8 Å². The minimum atomic E-state index is -1.00. The molecule has 0 fully saturated rings. The van der Waals surface area contributed by atoms with E-state index in [1.807, 2.05) is 0 Å². The van der Waals surface area contributed by atoms with E-state index in [9.17, 15) is 0 Å². The highest BCUT2D eigenvalue weighted by atomic mass is 31.1. The molecule has 182 valence electrons. The summed E-state index contributed by atoms with van der Waals surface area (Å²) < 4.78 is 23.0. The molecule has 0 radical (unpaired) electrons. The molecule has 3 aromatic rings. The lowest BCUT2D eigenvalue weighted by Gasteiger charge is -2.29. The number of hydrogen-bond acceptors (Lipinski definition) is 4. The predicted molar refractivity (Wildman–Crippen MR) is 143 cm³/mol. The third-order valence-electron chi connectivity index (χ3n) is 5.78. The average Bonchev–Trinajstić information content (AvgIpc) is 2.74. The van der Waals surface area contributed by atoms with Crippen molar-refractivity contribution in [2.45, 2.75) is 48.5 Å². The number of ether oxygens (including phenoxy) is 4. The van der Waals surface area contributed by atoms with Crippen LogP contribution in [-0.2, 0) is 9.47 Å². The summed E-state index contributed by atoms with van der Waals surface area (Å²) in [5, 5.41) is 3.68. The van der Waals surface area contributed by atoms with Gasteiger partial charge in [-0.2, -0.15) is 0 Å². The van der Waals surface area contributed by atoms with Crippen LogP contribution in [0.2, 0.25) is 0 Å². The Kier molecular flexibility index (Phi) is 8.76. The summed E-state index contributed by atoms with van der Waals surface area (Å²) in [6.07, 6.45) is 0. The molecule has 0 amide bonds. The van der Waals surface area contributed by atoms with Crippen molar-refractivity contribution in [2.24, 2.45) is 0 Å². The maximum atomic E-state index is 6.21. The lowest BCUT2D eigenvalue weighted by molar-refractivity contribution is 0.0513. The smallest absolute Gasteiger partial charge is 0.188 e. The van der Waals surface area contributed by atoms with Crippen molar-refractivity contribution in [1.82, 2.24) is 0 Å². The Balaban J connectivity index is 2.43. The van der Waals surface area contributed by atoms with Crippen molar-refractivity contribution in [2.75, 3.05) is 27.8 Å². The molecule has 3 rings (SSSR count). The Morgan fingerprint density at radius 3 is 1.26 bits per heavy atom. The van der Waals surface area contributed by atoms with Crippen LogP contribution in [0.5, 0.6) is 11.5 Å². The van der Waals surface area contributed by atoms with Crippen LogP contribution in [-0.4, -0.2) is 27.8 Å². The van der Waals surface area contributed by atoms with Gasteiger partial charge in [0.1, 0.15) is 11.5 Å². The fourth-order valence-corrected chi connectivity index (χ4v) is 7.83. The SMILES string of the molecule is COCOc1c(C)cc(C)cc1P(c1cc(C)cc(C)c1OCOC)c1c(C)cc(C)cc1C. The second kappa shape index (κ2) is 11.4. The van der Waals surface area contributed by atoms with Gasteiger partial charge in [-0.05, 0) is 107 Å². The fourth-order valence-electron chi connectivity index (χ4n) is 4.70. The molecule has 0 saturated carbocycles. The molecule has 4 nitrogen and oxygen atoms in total. The van der Waals surface area contributed by atoms with E-state index in [0.29, 0.717) is 0 Å². The second-order valence-electron chi connectivity index (χ2n) is 9.04. The van der Waals surface area contributed by atoms with Gasteiger partial charge in [-0.15, -0.1) is 0 Å². The summed E-state index contributed by atoms with van der Waals surface area (Å²) in [7, 11) is 2.31. The topological polar surface area (TPSA) is 36.9 Å². The van der Waals surface area contributed by atoms with Gasteiger partial charge in [-0.1, -0.05) is 29.8 Å². The predicted octanol–water partition coefficient (Wildman–Crippen LogP) is 5.57. The van der Waals surface area contributed by atoms with Gasteiger partial charge in [-0.25, -0.2) is 0 Å². The maximum Gasteiger partial charge on any atom is 0.188 e. The first-order valence-electron chi connectivity index (χ1n) is 11.5. The molecule has 5 heteroatoms. The number of hydrogen-bond donors (Lipinski definition) is 0. The average molecular weight is 481 g/mol. The maximum absolute atomic E-state index is 6.21. The van der Waals surface area contributed by atoms with Crippen LogP contribution in [0.15, 0.2) is 36.4 Å². The van der Waals surface area contributed by atoms with Gasteiger partial charge in [-0.3, -0.25) is 0 Å². The highest BCUT2D eigenvalue weighted by molar-refractivity contribution is 7.80. The first-order chi connectivity index (χ1) is 16.2. The Labute approximate surface area is 206 Å². The molecule has 0 unspecified atom stereocenters. The van der Waals surface area contributed by atoms with Crippen LogP contribution in [0.4, 0.5) is 0 Å². The monoisotopic (exact) mass is 480 g/mol. The van der Waals surface area contributed by atoms with E-state index in [1.54, 1.807) is 14.2 Å². The van der Waals surface area contributed by atoms with Crippen molar-refractivity contribution in [3.05, 3.63) is 75.3 Å². The van der Waals surface area contributed by atoms with Crippen LogP contribution < -0.4 is 25.4 Å². The van der Waals surface area contributed by atoms with E-state index in [0.717, 1.165) is 22.6 Å². The summed E-state index contributed by atoms with van der Waals surface area (Å²) in [4.78, 5) is 0. The molecule has 34 heavy (non-hydrogen) atoms. The fraction of sp³-hybridized carbons (Fsp3) is 0.379. The normalized spacial score (nSPS) is 11.2. The van der Waals surface area contributed by atoms with Gasteiger partial charge < -0.3 is 18.9 Å². The van der Waals surface area contributed by atoms with Gasteiger partial charge in [0.15, 0.2) is 13.6 Å². The van der Waals surface area contributed by atoms with Crippen molar-refractivity contribution < 1.29 is 18.9 Å². The molecule has 0 N–H and O–H groups in total. The van der Waals surface area contributed by atoms with Crippen molar-refractivity contribution in [3.63, 3.8) is 0 Å². The first kappa shape index (κ1) is 26.2. The molecule has 0 atom stereocenters. The zero-order valence-electron chi connectivity index (χ0n) is 22.0. The summed E-state index contributed by atoms with van der Waals surface area (Å²) in [6.45, 7) is 15.5. The van der Waals surface area contributed by atoms with E-state index >= 15 is 0 Å². The van der Waals surface area contributed by atoms with E-state index in [1.165, 1.54) is 43.7 Å². The minimum absolute atomic E-state index is 0.200. The molecular weight excluding hydrogens is 443 g/mol. The minimum Gasteiger partial charge on any atom is -0.467 e. The van der Waals surface area contributed by atoms with Crippen molar-refractivity contribution in [3.8, 4) is 11.5 Å². The number of methoxy groups -OCH3 is 2. The zero-order chi connectivity index (χ0) is 25.0. The van der Waals surface area contributed by atoms with Crippen molar-refractivity contribution in [1.29, 1.82) is 0 Å². The van der Waals surface area contributed by atoms with Crippen molar-refractivity contribution >= 4 is 23.8 Å². The lowest BCUT2D eigenvalue weighted by atomic mass is 10.1.